The summed E-state index contributed by atoms with van der Waals surface area (Å²) < 4.78 is 0. The zero-order chi connectivity index (χ0) is 12.1. The van der Waals surface area contributed by atoms with Crippen LogP contribution in [-0.2, 0) is 0 Å². The molecule has 0 spiro atoms. The van der Waals surface area contributed by atoms with Crippen LogP contribution in [0.25, 0.3) is 32.6 Å². The summed E-state index contributed by atoms with van der Waals surface area (Å²) in [5, 5.41) is 5.68. The Morgan fingerprint density at radius 3 is 2.39 bits per heavy atom. The van der Waals surface area contributed by atoms with Crippen molar-refractivity contribution in [2.45, 2.75) is 0 Å². The van der Waals surface area contributed by atoms with Gasteiger partial charge in [-0.05, 0) is 29.0 Å². The second-order valence-electron chi connectivity index (χ2n) is 4.53. The molecule has 3 aromatic carbocycles. The Labute approximate surface area is 109 Å². The highest BCUT2D eigenvalue weighted by molar-refractivity contribution is 6.36. The number of H-pyrrole nitrogens is 1. The molecule has 0 aliphatic rings. The number of benzene rings is 3. The van der Waals surface area contributed by atoms with E-state index in [1.807, 2.05) is 12.1 Å². The molecule has 18 heavy (non-hydrogen) atoms. The summed E-state index contributed by atoms with van der Waals surface area (Å²) >= 11 is 6.23. The third-order valence-corrected chi connectivity index (χ3v) is 3.76. The highest BCUT2D eigenvalue weighted by atomic mass is 35.5. The van der Waals surface area contributed by atoms with Gasteiger partial charge in [0.15, 0.2) is 0 Å². The molecule has 0 aliphatic heterocycles. The van der Waals surface area contributed by atoms with Crippen LogP contribution in [-0.4, -0.2) is 4.98 Å². The lowest BCUT2D eigenvalue weighted by Crippen LogP contribution is -1.72. The molecule has 0 atom stereocenters. The molecule has 0 unspecified atom stereocenters. The average Bonchev–Trinajstić information content (AvgIpc) is 2.76. The highest BCUT2D eigenvalue weighted by Crippen LogP contribution is 2.32. The number of hydrogen-bond acceptors (Lipinski definition) is 0. The zero-order valence-electron chi connectivity index (χ0n) is 9.57. The van der Waals surface area contributed by atoms with E-state index in [2.05, 4.69) is 47.4 Å². The van der Waals surface area contributed by atoms with Gasteiger partial charge in [0.1, 0.15) is 0 Å². The van der Waals surface area contributed by atoms with Gasteiger partial charge < -0.3 is 4.98 Å². The van der Waals surface area contributed by atoms with Crippen LogP contribution in [0, 0.1) is 0 Å². The number of aromatic nitrogens is 1. The summed E-state index contributed by atoms with van der Waals surface area (Å²) in [6.07, 6.45) is 0. The van der Waals surface area contributed by atoms with E-state index in [4.69, 9.17) is 11.6 Å². The lowest BCUT2D eigenvalue weighted by Gasteiger charge is -1.97. The molecule has 2 heteroatoms. The third kappa shape index (κ3) is 1.28. The number of halogens is 1. The first-order valence-corrected chi connectivity index (χ1v) is 6.29. The monoisotopic (exact) mass is 251 g/mol. The average molecular weight is 252 g/mol. The molecule has 1 nitrogen and oxygen atoms in total. The predicted molar refractivity (Wildman–Crippen MR) is 78.3 cm³/mol. The number of rotatable bonds is 0. The molecule has 0 saturated heterocycles. The predicted octanol–water partition coefficient (Wildman–Crippen LogP) is 5.13. The van der Waals surface area contributed by atoms with Crippen LogP contribution in [0.15, 0.2) is 54.6 Å². The summed E-state index contributed by atoms with van der Waals surface area (Å²) in [6, 6.07) is 18.8. The molecule has 0 bridgehead atoms. The number of nitrogens with one attached hydrogen (secondary N) is 1. The van der Waals surface area contributed by atoms with Crippen LogP contribution < -0.4 is 0 Å². The molecule has 0 amide bonds. The summed E-state index contributed by atoms with van der Waals surface area (Å²) in [7, 11) is 0. The third-order valence-electron chi connectivity index (χ3n) is 3.45. The standard InChI is InChI=1S/C16H10ClN/c17-14-7-3-6-12-13-8-10-4-1-2-5-11(10)9-15(13)18-16(12)14/h1-9,18H. The molecule has 0 saturated carbocycles. The molecular weight excluding hydrogens is 242 g/mol. The van der Waals surface area contributed by atoms with Crippen molar-refractivity contribution in [3.63, 3.8) is 0 Å². The van der Waals surface area contributed by atoms with Gasteiger partial charge in [0.25, 0.3) is 0 Å². The van der Waals surface area contributed by atoms with E-state index in [1.54, 1.807) is 0 Å². The molecule has 1 N–H and O–H groups in total. The molecule has 86 valence electrons. The van der Waals surface area contributed by atoms with E-state index in [-0.39, 0.29) is 0 Å². The van der Waals surface area contributed by atoms with Crippen molar-refractivity contribution in [1.29, 1.82) is 0 Å². The molecule has 1 aromatic heterocycles. The molecule has 0 radical (unpaired) electrons. The zero-order valence-corrected chi connectivity index (χ0v) is 10.3. The van der Waals surface area contributed by atoms with E-state index in [0.717, 1.165) is 16.1 Å². The minimum absolute atomic E-state index is 0.771. The fourth-order valence-corrected chi connectivity index (χ4v) is 2.80. The van der Waals surface area contributed by atoms with Crippen LogP contribution in [0.1, 0.15) is 0 Å². The normalized spacial score (nSPS) is 11.6. The van der Waals surface area contributed by atoms with Crippen molar-refractivity contribution in [3.05, 3.63) is 59.6 Å². The van der Waals surface area contributed by atoms with Crippen molar-refractivity contribution in [3.8, 4) is 0 Å². The first-order chi connectivity index (χ1) is 8.83. The fraction of sp³-hybridized carbons (Fsp3) is 0. The molecule has 4 rings (SSSR count). The Kier molecular flexibility index (Phi) is 1.94. The summed E-state index contributed by atoms with van der Waals surface area (Å²) in [6.45, 7) is 0. The molecule has 1 heterocycles. The Morgan fingerprint density at radius 1 is 0.778 bits per heavy atom. The Morgan fingerprint density at radius 2 is 1.56 bits per heavy atom. The van der Waals surface area contributed by atoms with Gasteiger partial charge in [0, 0.05) is 16.3 Å². The summed E-state index contributed by atoms with van der Waals surface area (Å²) in [4.78, 5) is 3.41. The lowest BCUT2D eigenvalue weighted by molar-refractivity contribution is 1.55. The smallest absolute Gasteiger partial charge is 0.0654 e. The van der Waals surface area contributed by atoms with Crippen LogP contribution >= 0.6 is 11.6 Å². The van der Waals surface area contributed by atoms with Crippen LogP contribution in [0.2, 0.25) is 5.02 Å². The second-order valence-corrected chi connectivity index (χ2v) is 4.94. The Hall–Kier alpha value is -1.99. The fourth-order valence-electron chi connectivity index (χ4n) is 2.58. The van der Waals surface area contributed by atoms with Crippen LogP contribution in [0.4, 0.5) is 0 Å². The Balaban J connectivity index is 2.27. The highest BCUT2D eigenvalue weighted by Gasteiger charge is 2.07. The molecule has 0 aliphatic carbocycles. The van der Waals surface area contributed by atoms with Crippen LogP contribution in [0.5, 0.6) is 0 Å². The van der Waals surface area contributed by atoms with Crippen LogP contribution in [0.3, 0.4) is 0 Å². The maximum absolute atomic E-state index is 6.23. The van der Waals surface area contributed by atoms with Gasteiger partial charge in [-0.15, -0.1) is 0 Å². The minimum Gasteiger partial charge on any atom is -0.353 e. The van der Waals surface area contributed by atoms with E-state index in [9.17, 15) is 0 Å². The van der Waals surface area contributed by atoms with E-state index in [0.29, 0.717) is 0 Å². The molecule has 4 aromatic rings. The second kappa shape index (κ2) is 3.50. The largest absolute Gasteiger partial charge is 0.353 e. The van der Waals surface area contributed by atoms with Gasteiger partial charge in [-0.25, -0.2) is 0 Å². The number of hydrogen-bond donors (Lipinski definition) is 1. The molecular formula is C16H10ClN. The van der Waals surface area contributed by atoms with Gasteiger partial charge in [-0.1, -0.05) is 48.0 Å². The van der Waals surface area contributed by atoms with Gasteiger partial charge >= 0.3 is 0 Å². The topological polar surface area (TPSA) is 15.8 Å². The first kappa shape index (κ1) is 9.98. The number of fused-ring (bicyclic) bond motifs is 4. The number of para-hydroxylation sites is 1. The van der Waals surface area contributed by atoms with Gasteiger partial charge in [0.2, 0.25) is 0 Å². The SMILES string of the molecule is Clc1cccc2c1[nH]c1cc3ccccc3cc12. The lowest BCUT2D eigenvalue weighted by atomic mass is 10.1. The van der Waals surface area contributed by atoms with E-state index < -0.39 is 0 Å². The van der Waals surface area contributed by atoms with E-state index in [1.165, 1.54) is 21.5 Å². The quantitative estimate of drug-likeness (QED) is 0.446. The van der Waals surface area contributed by atoms with Crippen molar-refractivity contribution in [2.75, 3.05) is 0 Å². The van der Waals surface area contributed by atoms with Crippen molar-refractivity contribution in [2.24, 2.45) is 0 Å². The Bertz CT molecular complexity index is 889. The van der Waals surface area contributed by atoms with Crippen molar-refractivity contribution < 1.29 is 0 Å². The van der Waals surface area contributed by atoms with Crippen molar-refractivity contribution in [1.82, 2.24) is 4.98 Å². The van der Waals surface area contributed by atoms with Gasteiger partial charge in [0.05, 0.1) is 10.5 Å². The maximum atomic E-state index is 6.23. The van der Waals surface area contributed by atoms with E-state index >= 15 is 0 Å². The minimum atomic E-state index is 0.771. The molecule has 0 fully saturated rings. The van der Waals surface area contributed by atoms with Gasteiger partial charge in [-0.2, -0.15) is 0 Å². The number of aromatic amines is 1. The maximum Gasteiger partial charge on any atom is 0.0654 e. The first-order valence-electron chi connectivity index (χ1n) is 5.92. The van der Waals surface area contributed by atoms with Crippen molar-refractivity contribution >= 4 is 44.2 Å². The van der Waals surface area contributed by atoms with Gasteiger partial charge in [-0.3, -0.25) is 0 Å². The summed E-state index contributed by atoms with van der Waals surface area (Å²) in [5.41, 5.74) is 2.15. The summed E-state index contributed by atoms with van der Waals surface area (Å²) in [5.74, 6) is 0.